The normalized spacial score (nSPS) is 12.9. The van der Waals surface area contributed by atoms with Crippen LogP contribution in [0.3, 0.4) is 0 Å². The lowest BCUT2D eigenvalue weighted by Gasteiger charge is -2.27. The van der Waals surface area contributed by atoms with Crippen LogP contribution in [0.25, 0.3) is 33.4 Å². The molecule has 0 heterocycles. The van der Waals surface area contributed by atoms with Crippen LogP contribution in [0.15, 0.2) is 167 Å². The molecule has 7 aromatic carbocycles. The highest BCUT2D eigenvalue weighted by molar-refractivity contribution is 5.92. The topological polar surface area (TPSA) is 20.2 Å². The minimum Gasteiger partial charge on any atom is -0.392 e. The highest BCUT2D eigenvalue weighted by atomic mass is 16.3. The van der Waals surface area contributed by atoms with Crippen LogP contribution in [0.4, 0.5) is 0 Å². The summed E-state index contributed by atoms with van der Waals surface area (Å²) in [5.74, 6) is 0. The molecule has 0 bridgehead atoms. The summed E-state index contributed by atoms with van der Waals surface area (Å²) in [6.45, 7) is 84.0. The SMILES string of the molecule is C=C(c1cc(CO)cc(C(=C)c2cc(C(=C)c3cc(C(C)(C)C)cc(C(C)(C)C)c3)cc(C(=C)c3cc(C(C)(C)C)cc(C(C)(C)C)c3)c2)c1)c1cc(C(=C)c2cc(C(C)(C)C)cc(C(C)(C)C)c2)cc(C(=C)c2cc(C(C)(C)C)cc(C(C)(C)C)c2)c1. The van der Waals surface area contributed by atoms with Crippen molar-refractivity contribution in [1.82, 2.24) is 0 Å². The Kier molecular flexibility index (Phi) is 18.7. The molecule has 1 nitrogen and oxygen atoms in total. The lowest BCUT2D eigenvalue weighted by Crippen LogP contribution is -2.17. The first kappa shape index (κ1) is 68.4. The van der Waals surface area contributed by atoms with Gasteiger partial charge in [0, 0.05) is 0 Å². The highest BCUT2D eigenvalue weighted by Crippen LogP contribution is 2.43. The van der Waals surface area contributed by atoms with E-state index in [4.69, 9.17) is 39.5 Å². The predicted octanol–water partition coefficient (Wildman–Crippen LogP) is 23.9. The molecule has 0 saturated carbocycles. The van der Waals surface area contributed by atoms with E-state index in [0.29, 0.717) is 0 Å². The predicted molar refractivity (Wildman–Crippen MR) is 389 cm³/mol. The summed E-state index contributed by atoms with van der Waals surface area (Å²) in [6.07, 6.45) is 0. The Morgan fingerprint density at radius 2 is 0.318 bits per heavy atom. The average Bonchev–Trinajstić information content (AvgIpc) is 1.15. The molecule has 0 amide bonds. The van der Waals surface area contributed by atoms with Gasteiger partial charge in [-0.2, -0.15) is 0 Å². The van der Waals surface area contributed by atoms with E-state index < -0.39 is 0 Å². The first-order valence-corrected chi connectivity index (χ1v) is 31.9. The van der Waals surface area contributed by atoms with Gasteiger partial charge in [-0.05, 0) is 248 Å². The van der Waals surface area contributed by atoms with Crippen LogP contribution in [0.2, 0.25) is 0 Å². The molecule has 0 atom stereocenters. The first-order chi connectivity index (χ1) is 40.0. The quantitative estimate of drug-likeness (QED) is 0.122. The van der Waals surface area contributed by atoms with E-state index in [-0.39, 0.29) is 49.9 Å². The van der Waals surface area contributed by atoms with Gasteiger partial charge in [0.25, 0.3) is 0 Å². The number of hydrogen-bond acceptors (Lipinski definition) is 1. The molecule has 0 radical (unpaired) electrons. The van der Waals surface area contributed by atoms with Crippen LogP contribution in [0, 0.1) is 0 Å². The third-order valence-electron chi connectivity index (χ3n) is 17.9. The van der Waals surface area contributed by atoms with Crippen molar-refractivity contribution < 1.29 is 5.11 Å². The minimum atomic E-state index is -0.167. The van der Waals surface area contributed by atoms with Crippen LogP contribution < -0.4 is 0 Å². The fraction of sp³-hybridized carbons (Fsp3) is 0.379. The minimum absolute atomic E-state index is 0.0820. The van der Waals surface area contributed by atoms with Crippen LogP contribution in [0.1, 0.15) is 283 Å². The summed E-state index contributed by atoms with van der Waals surface area (Å²) in [5, 5.41) is 11.2. The number of benzene rings is 7. The van der Waals surface area contributed by atoms with Crippen LogP contribution in [-0.2, 0) is 49.9 Å². The molecular weight excluding hydrogens is 1060 g/mol. The van der Waals surface area contributed by atoms with Crippen LogP contribution >= 0.6 is 0 Å². The molecule has 0 fully saturated rings. The molecule has 0 spiro atoms. The molecule has 462 valence electrons. The fourth-order valence-electron chi connectivity index (χ4n) is 11.1. The monoisotopic (exact) mass is 1170 g/mol. The zero-order chi connectivity index (χ0) is 66.1. The Bertz CT molecular complexity index is 3330. The van der Waals surface area contributed by atoms with Gasteiger partial charge in [0.2, 0.25) is 0 Å². The number of hydrogen-bond donors (Lipinski definition) is 1. The molecule has 0 unspecified atom stereocenters. The largest absolute Gasteiger partial charge is 0.392 e. The zero-order valence-electron chi connectivity index (χ0n) is 59.0. The Hall–Kier alpha value is -7.06. The Morgan fingerprint density at radius 1 is 0.205 bits per heavy atom. The molecule has 0 saturated heterocycles. The van der Waals surface area contributed by atoms with Crippen molar-refractivity contribution in [3.63, 3.8) is 0 Å². The third kappa shape index (κ3) is 15.7. The van der Waals surface area contributed by atoms with Crippen LogP contribution in [-0.4, -0.2) is 5.11 Å². The maximum Gasteiger partial charge on any atom is 0.0682 e. The Balaban J connectivity index is 1.45. The van der Waals surface area contributed by atoms with Crippen molar-refractivity contribution in [2.75, 3.05) is 0 Å². The maximum absolute atomic E-state index is 11.2. The van der Waals surface area contributed by atoms with E-state index in [1.807, 2.05) is 0 Å². The standard InChI is InChI=1S/C87H108O/c1-53(62-34-64(55(3)68-40-72(80(7,8)9)48-73(41-68)81(10,11)12)38-65(35-62)56(4)69-42-74(82(13,14)15)49-75(43-69)83(16,17)18)60-31-59(52-88)32-61(33-60)54(2)63-36-66(57(5)70-44-76(84(19,20)21)50-77(45-70)85(22,23)24)39-67(37-63)58(6)71-46-78(86(25,26)27)51-79(47-71)87(28,29)30/h31-51,88H,1-6,52H2,7-30H3. The van der Waals surface area contributed by atoms with Crippen molar-refractivity contribution in [2.45, 2.75) is 216 Å². The summed E-state index contributed by atoms with van der Waals surface area (Å²) >= 11 is 0. The zero-order valence-corrected chi connectivity index (χ0v) is 59.0. The smallest absolute Gasteiger partial charge is 0.0682 e. The van der Waals surface area contributed by atoms with Crippen molar-refractivity contribution in [1.29, 1.82) is 0 Å². The molecular formula is C87H108O. The second kappa shape index (κ2) is 24.0. The summed E-state index contributed by atoms with van der Waals surface area (Å²) in [7, 11) is 0. The van der Waals surface area contributed by atoms with Gasteiger partial charge in [-0.25, -0.2) is 0 Å². The molecule has 0 aliphatic carbocycles. The molecule has 1 N–H and O–H groups in total. The van der Waals surface area contributed by atoms with E-state index in [1.54, 1.807) is 0 Å². The summed E-state index contributed by atoms with van der Waals surface area (Å²) in [5.41, 5.74) is 27.5. The molecule has 1 heteroatoms. The molecule has 7 aromatic rings. The molecule has 7 rings (SSSR count). The van der Waals surface area contributed by atoms with E-state index >= 15 is 0 Å². The molecule has 88 heavy (non-hydrogen) atoms. The van der Waals surface area contributed by atoms with Gasteiger partial charge < -0.3 is 5.11 Å². The van der Waals surface area contributed by atoms with E-state index in [0.717, 1.165) is 106 Å². The summed E-state index contributed by atoms with van der Waals surface area (Å²) in [6, 6.07) is 47.8. The van der Waals surface area contributed by atoms with E-state index in [1.165, 1.54) is 44.5 Å². The highest BCUT2D eigenvalue weighted by Gasteiger charge is 2.28. The lowest BCUT2D eigenvalue weighted by atomic mass is 9.77. The van der Waals surface area contributed by atoms with E-state index in [9.17, 15) is 5.11 Å². The maximum atomic E-state index is 11.2. The van der Waals surface area contributed by atoms with Gasteiger partial charge in [0.15, 0.2) is 0 Å². The van der Waals surface area contributed by atoms with Gasteiger partial charge >= 0.3 is 0 Å². The van der Waals surface area contributed by atoms with Gasteiger partial charge in [-0.3, -0.25) is 0 Å². The lowest BCUT2D eigenvalue weighted by molar-refractivity contribution is 0.282. The van der Waals surface area contributed by atoms with Crippen molar-refractivity contribution in [3.05, 3.63) is 284 Å². The van der Waals surface area contributed by atoms with Gasteiger partial charge in [0.05, 0.1) is 6.61 Å². The summed E-state index contributed by atoms with van der Waals surface area (Å²) in [4.78, 5) is 0. The molecule has 0 aromatic heterocycles. The Morgan fingerprint density at radius 3 is 0.432 bits per heavy atom. The fourth-order valence-corrected chi connectivity index (χ4v) is 11.1. The molecule has 0 aliphatic rings. The Labute approximate surface area is 535 Å². The molecule has 0 aliphatic heterocycles. The van der Waals surface area contributed by atoms with Crippen molar-refractivity contribution in [2.24, 2.45) is 0 Å². The number of rotatable bonds is 13. The van der Waals surface area contributed by atoms with Gasteiger partial charge in [-0.15, -0.1) is 0 Å². The third-order valence-corrected chi connectivity index (χ3v) is 17.9. The van der Waals surface area contributed by atoms with Crippen LogP contribution in [0.5, 0.6) is 0 Å². The van der Waals surface area contributed by atoms with Gasteiger partial charge in [0.1, 0.15) is 0 Å². The van der Waals surface area contributed by atoms with Gasteiger partial charge in [-0.1, -0.05) is 278 Å². The average molecular weight is 1170 g/mol. The second-order valence-electron chi connectivity index (χ2n) is 33.7. The second-order valence-corrected chi connectivity index (χ2v) is 33.7. The van der Waals surface area contributed by atoms with Crippen molar-refractivity contribution in [3.8, 4) is 0 Å². The van der Waals surface area contributed by atoms with E-state index in [2.05, 4.69) is 294 Å². The number of aliphatic hydroxyl groups is 1. The number of aliphatic hydroxyl groups excluding tert-OH is 1. The van der Waals surface area contributed by atoms with Crippen molar-refractivity contribution >= 4 is 33.4 Å². The first-order valence-electron chi connectivity index (χ1n) is 31.9. The summed E-state index contributed by atoms with van der Waals surface area (Å²) < 4.78 is 0.